The fraction of sp³-hybridized carbons (Fsp3) is 0.150. The molecule has 0 radical (unpaired) electrons. The summed E-state index contributed by atoms with van der Waals surface area (Å²) >= 11 is 7.17. The number of halogens is 2. The maximum atomic E-state index is 13.0. The van der Waals surface area contributed by atoms with Crippen LogP contribution in [0.4, 0.5) is 4.39 Å². The molecule has 0 spiro atoms. The zero-order valence-electron chi connectivity index (χ0n) is 14.2. The van der Waals surface area contributed by atoms with E-state index in [-0.39, 0.29) is 31.0 Å². The second-order valence-electron chi connectivity index (χ2n) is 5.74. The molecule has 2 aromatic carbocycles. The number of hydrogen-bond donors (Lipinski definition) is 0. The van der Waals surface area contributed by atoms with Gasteiger partial charge in [0.05, 0.1) is 12.1 Å². The summed E-state index contributed by atoms with van der Waals surface area (Å²) in [6.07, 6.45) is 0.0643. The Morgan fingerprint density at radius 1 is 1.04 bits per heavy atom. The molecule has 0 saturated carbocycles. The van der Waals surface area contributed by atoms with E-state index in [9.17, 15) is 14.0 Å². The Kier molecular flexibility index (Phi) is 6.32. The molecule has 3 rings (SSSR count). The molecule has 0 atom stereocenters. The highest BCUT2D eigenvalue weighted by molar-refractivity contribution is 7.13. The van der Waals surface area contributed by atoms with Gasteiger partial charge in [-0.25, -0.2) is 9.37 Å². The van der Waals surface area contributed by atoms with E-state index in [1.807, 2.05) is 0 Å². The molecule has 3 aromatic rings. The summed E-state index contributed by atoms with van der Waals surface area (Å²) in [4.78, 5) is 28.3. The average Bonchev–Trinajstić information content (AvgIpc) is 3.14. The molecule has 0 unspecified atom stereocenters. The van der Waals surface area contributed by atoms with Crippen LogP contribution in [0.2, 0.25) is 5.02 Å². The van der Waals surface area contributed by atoms with Gasteiger partial charge in [-0.3, -0.25) is 9.59 Å². The van der Waals surface area contributed by atoms with E-state index >= 15 is 0 Å². The minimum Gasteiger partial charge on any atom is -0.459 e. The normalized spacial score (nSPS) is 10.6. The number of esters is 1. The van der Waals surface area contributed by atoms with E-state index in [1.54, 1.807) is 41.8 Å². The monoisotopic (exact) mass is 403 g/mol. The molecule has 4 nitrogen and oxygen atoms in total. The van der Waals surface area contributed by atoms with Crippen LogP contribution in [0.15, 0.2) is 53.9 Å². The van der Waals surface area contributed by atoms with Gasteiger partial charge >= 0.3 is 5.97 Å². The molecular formula is C20H15ClFNO3S. The predicted octanol–water partition coefficient (Wildman–Crippen LogP) is 5.31. The number of rotatable bonds is 7. The third-order valence-corrected chi connectivity index (χ3v) is 4.94. The molecule has 0 aliphatic carbocycles. The Morgan fingerprint density at radius 3 is 2.44 bits per heavy atom. The number of Topliss-reactive ketones (excluding diaryl/α,β-unsaturated/α-hetero) is 1. The van der Waals surface area contributed by atoms with Crippen LogP contribution in [0.5, 0.6) is 0 Å². The number of nitrogens with zero attached hydrogens (tertiary/aromatic N) is 1. The van der Waals surface area contributed by atoms with Crippen molar-refractivity contribution in [1.82, 2.24) is 4.98 Å². The van der Waals surface area contributed by atoms with Crippen LogP contribution in [-0.4, -0.2) is 16.7 Å². The first-order valence-electron chi connectivity index (χ1n) is 8.16. The van der Waals surface area contributed by atoms with Crippen molar-refractivity contribution in [3.8, 4) is 10.6 Å². The summed E-state index contributed by atoms with van der Waals surface area (Å²) < 4.78 is 18.1. The summed E-state index contributed by atoms with van der Waals surface area (Å²) in [5.74, 6) is -0.915. The number of carbonyl (C=O) groups is 2. The fourth-order valence-corrected chi connectivity index (χ4v) is 3.26. The molecule has 138 valence electrons. The lowest BCUT2D eigenvalue weighted by Gasteiger charge is -2.03. The van der Waals surface area contributed by atoms with Crippen molar-refractivity contribution in [3.63, 3.8) is 0 Å². The van der Waals surface area contributed by atoms with E-state index in [1.165, 1.54) is 23.5 Å². The van der Waals surface area contributed by atoms with Crippen LogP contribution in [0.1, 0.15) is 28.9 Å². The summed E-state index contributed by atoms with van der Waals surface area (Å²) in [6, 6.07) is 12.5. The first kappa shape index (κ1) is 19.2. The summed E-state index contributed by atoms with van der Waals surface area (Å²) in [7, 11) is 0. The zero-order chi connectivity index (χ0) is 19.2. The van der Waals surface area contributed by atoms with Gasteiger partial charge in [-0.1, -0.05) is 11.6 Å². The molecule has 27 heavy (non-hydrogen) atoms. The number of carbonyl (C=O) groups excluding carboxylic acids is 2. The molecule has 0 aliphatic rings. The molecule has 0 bridgehead atoms. The van der Waals surface area contributed by atoms with Crippen LogP contribution in [0.25, 0.3) is 10.6 Å². The number of thiazole rings is 1. The summed E-state index contributed by atoms with van der Waals surface area (Å²) in [6.45, 7) is 0.0334. The maximum Gasteiger partial charge on any atom is 0.306 e. The van der Waals surface area contributed by atoms with Crippen molar-refractivity contribution >= 4 is 34.7 Å². The van der Waals surface area contributed by atoms with Crippen molar-refractivity contribution in [2.45, 2.75) is 19.4 Å². The SMILES string of the molecule is O=C(CCC(=O)c1ccc(Cl)cc1)OCc1csc(-c2ccc(F)cc2)n1. The Balaban J connectivity index is 1.47. The maximum absolute atomic E-state index is 13.0. The summed E-state index contributed by atoms with van der Waals surface area (Å²) in [5, 5.41) is 3.05. The minimum absolute atomic E-state index is 0.00356. The van der Waals surface area contributed by atoms with Gasteiger partial charge in [0.25, 0.3) is 0 Å². The van der Waals surface area contributed by atoms with Gasteiger partial charge < -0.3 is 4.74 Å². The Morgan fingerprint density at radius 2 is 1.74 bits per heavy atom. The lowest BCUT2D eigenvalue weighted by molar-refractivity contribution is -0.145. The number of benzene rings is 2. The predicted molar refractivity (Wildman–Crippen MR) is 102 cm³/mol. The number of ketones is 1. The molecule has 0 saturated heterocycles. The van der Waals surface area contributed by atoms with Gasteiger partial charge in [-0.15, -0.1) is 11.3 Å². The molecule has 1 heterocycles. The molecule has 1 aromatic heterocycles. The van der Waals surface area contributed by atoms with Gasteiger partial charge in [0.2, 0.25) is 0 Å². The molecule has 0 fully saturated rings. The van der Waals surface area contributed by atoms with Crippen LogP contribution in [0.3, 0.4) is 0 Å². The Labute approximate surface area is 164 Å². The van der Waals surface area contributed by atoms with Gasteiger partial charge in [0.15, 0.2) is 5.78 Å². The van der Waals surface area contributed by atoms with E-state index < -0.39 is 5.97 Å². The molecule has 7 heteroatoms. The second kappa shape index (κ2) is 8.88. The Bertz CT molecular complexity index is 939. The standard InChI is InChI=1S/C20H15ClFNO3S/c21-15-5-1-13(2-6-15)18(24)9-10-19(25)26-11-17-12-27-20(23-17)14-3-7-16(22)8-4-14/h1-8,12H,9-11H2. The lowest BCUT2D eigenvalue weighted by Crippen LogP contribution is -2.08. The van der Waals surface area contributed by atoms with Crippen molar-refractivity contribution in [2.24, 2.45) is 0 Å². The minimum atomic E-state index is -0.464. The smallest absolute Gasteiger partial charge is 0.306 e. The number of hydrogen-bond acceptors (Lipinski definition) is 5. The van der Waals surface area contributed by atoms with Crippen LogP contribution < -0.4 is 0 Å². The molecule has 0 amide bonds. The van der Waals surface area contributed by atoms with Crippen LogP contribution in [0, 0.1) is 5.82 Å². The Hall–Kier alpha value is -2.57. The van der Waals surface area contributed by atoms with Crippen molar-refractivity contribution in [1.29, 1.82) is 0 Å². The number of ether oxygens (including phenoxy) is 1. The van der Waals surface area contributed by atoms with E-state index in [0.29, 0.717) is 16.3 Å². The van der Waals surface area contributed by atoms with E-state index in [2.05, 4.69) is 4.98 Å². The second-order valence-corrected chi connectivity index (χ2v) is 7.04. The van der Waals surface area contributed by atoms with Crippen LogP contribution in [-0.2, 0) is 16.1 Å². The van der Waals surface area contributed by atoms with Crippen LogP contribution >= 0.6 is 22.9 Å². The third kappa shape index (κ3) is 5.45. The average molecular weight is 404 g/mol. The molecule has 0 N–H and O–H groups in total. The lowest BCUT2D eigenvalue weighted by atomic mass is 10.1. The molecule has 0 aliphatic heterocycles. The third-order valence-electron chi connectivity index (χ3n) is 3.75. The molecular weight excluding hydrogens is 389 g/mol. The van der Waals surface area contributed by atoms with E-state index in [4.69, 9.17) is 16.3 Å². The van der Waals surface area contributed by atoms with Crippen molar-refractivity contribution < 1.29 is 18.7 Å². The largest absolute Gasteiger partial charge is 0.459 e. The van der Waals surface area contributed by atoms with Gasteiger partial charge in [-0.05, 0) is 48.5 Å². The first-order chi connectivity index (χ1) is 13.0. The fourth-order valence-electron chi connectivity index (χ4n) is 2.32. The highest BCUT2D eigenvalue weighted by atomic mass is 35.5. The van der Waals surface area contributed by atoms with Gasteiger partial charge in [0.1, 0.15) is 17.4 Å². The van der Waals surface area contributed by atoms with E-state index in [0.717, 1.165) is 10.6 Å². The highest BCUT2D eigenvalue weighted by Gasteiger charge is 2.12. The summed E-state index contributed by atoms with van der Waals surface area (Å²) in [5.41, 5.74) is 1.92. The van der Waals surface area contributed by atoms with Crippen molar-refractivity contribution in [3.05, 3.63) is 76.0 Å². The van der Waals surface area contributed by atoms with Gasteiger partial charge in [0, 0.05) is 28.0 Å². The van der Waals surface area contributed by atoms with Gasteiger partial charge in [-0.2, -0.15) is 0 Å². The quantitative estimate of drug-likeness (QED) is 0.396. The zero-order valence-corrected chi connectivity index (χ0v) is 15.7. The van der Waals surface area contributed by atoms with Crippen molar-refractivity contribution in [2.75, 3.05) is 0 Å². The topological polar surface area (TPSA) is 56.3 Å². The number of aromatic nitrogens is 1. The highest BCUT2D eigenvalue weighted by Crippen LogP contribution is 2.24. The first-order valence-corrected chi connectivity index (χ1v) is 9.42.